The van der Waals surface area contributed by atoms with E-state index in [-0.39, 0.29) is 5.83 Å². The molecule has 0 fully saturated rings. The second-order valence-corrected chi connectivity index (χ2v) is 4.38. The first-order valence-electron chi connectivity index (χ1n) is 5.71. The average molecular weight is 196 g/mol. The van der Waals surface area contributed by atoms with Gasteiger partial charge >= 0.3 is 0 Å². The van der Waals surface area contributed by atoms with Crippen molar-refractivity contribution in [1.29, 1.82) is 0 Å². The van der Waals surface area contributed by atoms with Gasteiger partial charge in [-0.3, -0.25) is 0 Å². The van der Waals surface area contributed by atoms with Crippen LogP contribution in [0, 0.1) is 11.8 Å². The third kappa shape index (κ3) is 2.97. The smallest absolute Gasteiger partial charge is 0.122 e. The van der Waals surface area contributed by atoms with E-state index in [4.69, 9.17) is 0 Å². The molecule has 0 aliphatic heterocycles. The summed E-state index contributed by atoms with van der Waals surface area (Å²) in [6, 6.07) is 0. The van der Waals surface area contributed by atoms with Gasteiger partial charge in [-0.2, -0.15) is 0 Å². The van der Waals surface area contributed by atoms with Crippen LogP contribution in [0.5, 0.6) is 0 Å². The van der Waals surface area contributed by atoms with Crippen LogP contribution in [0.15, 0.2) is 23.6 Å². The van der Waals surface area contributed by atoms with Crippen LogP contribution in [-0.4, -0.2) is 0 Å². The molecule has 0 spiro atoms. The van der Waals surface area contributed by atoms with Crippen molar-refractivity contribution in [2.24, 2.45) is 11.8 Å². The molecule has 0 bridgehead atoms. The molecule has 0 aromatic heterocycles. The van der Waals surface area contributed by atoms with Gasteiger partial charge in [0.25, 0.3) is 0 Å². The van der Waals surface area contributed by atoms with Gasteiger partial charge in [-0.25, -0.2) is 4.39 Å². The molecule has 0 N–H and O–H groups in total. The van der Waals surface area contributed by atoms with Gasteiger partial charge in [0.15, 0.2) is 0 Å². The molecule has 80 valence electrons. The van der Waals surface area contributed by atoms with Crippen molar-refractivity contribution in [2.45, 2.75) is 46.5 Å². The lowest BCUT2D eigenvalue weighted by Gasteiger charge is -2.22. The standard InChI is InChI=1S/C13H21F/c1-4-5-6-7-12-9-13(14)11(3)8-10(12)2/h8-10,12H,4-7H2,1-3H3. The molecule has 14 heavy (non-hydrogen) atoms. The number of hydrogen-bond donors (Lipinski definition) is 0. The minimum Gasteiger partial charge on any atom is -0.207 e. The lowest BCUT2D eigenvalue weighted by Crippen LogP contribution is -2.12. The van der Waals surface area contributed by atoms with E-state index in [0.29, 0.717) is 11.8 Å². The van der Waals surface area contributed by atoms with Crippen molar-refractivity contribution in [2.75, 3.05) is 0 Å². The van der Waals surface area contributed by atoms with Crippen molar-refractivity contribution < 1.29 is 4.39 Å². The quantitative estimate of drug-likeness (QED) is 0.575. The molecule has 1 aliphatic carbocycles. The molecule has 0 heterocycles. The zero-order chi connectivity index (χ0) is 10.6. The van der Waals surface area contributed by atoms with Crippen LogP contribution < -0.4 is 0 Å². The van der Waals surface area contributed by atoms with Crippen LogP contribution in [0.1, 0.15) is 46.5 Å². The Labute approximate surface area is 86.9 Å². The summed E-state index contributed by atoms with van der Waals surface area (Å²) in [5.41, 5.74) is 0.809. The fourth-order valence-corrected chi connectivity index (χ4v) is 2.04. The summed E-state index contributed by atoms with van der Waals surface area (Å²) in [5.74, 6) is 0.918. The molecular formula is C13H21F. The molecule has 0 amide bonds. The third-order valence-electron chi connectivity index (χ3n) is 3.07. The van der Waals surface area contributed by atoms with Gasteiger partial charge in [0, 0.05) is 0 Å². The third-order valence-corrected chi connectivity index (χ3v) is 3.07. The second-order valence-electron chi connectivity index (χ2n) is 4.38. The van der Waals surface area contributed by atoms with Gasteiger partial charge in [0.05, 0.1) is 0 Å². The second kappa shape index (κ2) is 5.33. The Morgan fingerprint density at radius 3 is 2.64 bits per heavy atom. The molecule has 1 aliphatic rings. The molecule has 2 unspecified atom stereocenters. The molecule has 0 saturated heterocycles. The van der Waals surface area contributed by atoms with Crippen LogP contribution in [0.2, 0.25) is 0 Å². The van der Waals surface area contributed by atoms with Crippen molar-refractivity contribution >= 4 is 0 Å². The first-order chi connectivity index (χ1) is 6.65. The fraction of sp³-hybridized carbons (Fsp3) is 0.692. The summed E-state index contributed by atoms with van der Waals surface area (Å²) < 4.78 is 13.3. The highest BCUT2D eigenvalue weighted by Gasteiger charge is 2.19. The topological polar surface area (TPSA) is 0 Å². The van der Waals surface area contributed by atoms with E-state index in [1.54, 1.807) is 0 Å². The lowest BCUT2D eigenvalue weighted by atomic mass is 9.83. The van der Waals surface area contributed by atoms with Crippen LogP contribution >= 0.6 is 0 Å². The van der Waals surface area contributed by atoms with Crippen LogP contribution in [-0.2, 0) is 0 Å². The van der Waals surface area contributed by atoms with Gasteiger partial charge in [0.2, 0.25) is 0 Å². The monoisotopic (exact) mass is 196 g/mol. The van der Waals surface area contributed by atoms with Gasteiger partial charge in [-0.1, -0.05) is 39.2 Å². The highest BCUT2D eigenvalue weighted by atomic mass is 19.1. The maximum Gasteiger partial charge on any atom is 0.122 e. The first-order valence-corrected chi connectivity index (χ1v) is 5.71. The molecule has 0 aromatic rings. The predicted molar refractivity (Wildman–Crippen MR) is 59.7 cm³/mol. The Bertz CT molecular complexity index is 238. The number of halogens is 1. The number of rotatable bonds is 4. The molecule has 2 atom stereocenters. The minimum atomic E-state index is -0.00963. The molecular weight excluding hydrogens is 175 g/mol. The van der Waals surface area contributed by atoms with Crippen LogP contribution in [0.3, 0.4) is 0 Å². The summed E-state index contributed by atoms with van der Waals surface area (Å²) in [6.45, 7) is 6.23. The summed E-state index contributed by atoms with van der Waals surface area (Å²) >= 11 is 0. The zero-order valence-electron chi connectivity index (χ0n) is 9.52. The van der Waals surface area contributed by atoms with Gasteiger partial charge in [0.1, 0.15) is 5.83 Å². The Morgan fingerprint density at radius 1 is 1.29 bits per heavy atom. The summed E-state index contributed by atoms with van der Waals surface area (Å²) in [5, 5.41) is 0. The van der Waals surface area contributed by atoms with E-state index in [0.717, 1.165) is 12.0 Å². The van der Waals surface area contributed by atoms with E-state index < -0.39 is 0 Å². The van der Waals surface area contributed by atoms with Crippen molar-refractivity contribution in [3.05, 3.63) is 23.6 Å². The maximum atomic E-state index is 13.3. The Kier molecular flexibility index (Phi) is 4.37. The number of hydrogen-bond acceptors (Lipinski definition) is 0. The average Bonchev–Trinajstić information content (AvgIpc) is 2.14. The highest BCUT2D eigenvalue weighted by molar-refractivity contribution is 5.28. The van der Waals surface area contributed by atoms with E-state index in [9.17, 15) is 4.39 Å². The summed E-state index contributed by atoms with van der Waals surface area (Å²) in [7, 11) is 0. The number of unbranched alkanes of at least 4 members (excludes halogenated alkanes) is 2. The Hall–Kier alpha value is -0.590. The molecule has 0 aromatic carbocycles. The van der Waals surface area contributed by atoms with Crippen molar-refractivity contribution in [3.8, 4) is 0 Å². The van der Waals surface area contributed by atoms with E-state index in [1.807, 2.05) is 13.0 Å². The van der Waals surface area contributed by atoms with Crippen molar-refractivity contribution in [3.63, 3.8) is 0 Å². The predicted octanol–water partition coefficient (Wildman–Crippen LogP) is 4.63. The SMILES string of the molecule is CCCCCC1C=C(F)C(C)=CC1C. The Balaban J connectivity index is 2.47. The van der Waals surface area contributed by atoms with Gasteiger partial charge in [-0.05, 0) is 36.8 Å². The van der Waals surface area contributed by atoms with Crippen molar-refractivity contribution in [1.82, 2.24) is 0 Å². The largest absolute Gasteiger partial charge is 0.207 e. The van der Waals surface area contributed by atoms with E-state index in [1.165, 1.54) is 19.3 Å². The molecule has 0 saturated carbocycles. The lowest BCUT2D eigenvalue weighted by molar-refractivity contribution is 0.429. The zero-order valence-corrected chi connectivity index (χ0v) is 9.52. The molecule has 0 radical (unpaired) electrons. The van der Waals surface area contributed by atoms with E-state index >= 15 is 0 Å². The normalized spacial score (nSPS) is 27.1. The van der Waals surface area contributed by atoms with Gasteiger partial charge in [-0.15, -0.1) is 0 Å². The Morgan fingerprint density at radius 2 is 2.00 bits per heavy atom. The molecule has 0 nitrogen and oxygen atoms in total. The summed E-state index contributed by atoms with van der Waals surface area (Å²) in [6.07, 6.45) is 8.74. The van der Waals surface area contributed by atoms with E-state index in [2.05, 4.69) is 19.9 Å². The molecule has 1 heteroatoms. The highest BCUT2D eigenvalue weighted by Crippen LogP contribution is 2.31. The van der Waals surface area contributed by atoms with Crippen LogP contribution in [0.4, 0.5) is 4.39 Å². The first kappa shape index (κ1) is 11.5. The fourth-order valence-electron chi connectivity index (χ4n) is 2.04. The summed E-state index contributed by atoms with van der Waals surface area (Å²) in [4.78, 5) is 0. The number of allylic oxidation sites excluding steroid dienone is 4. The maximum absolute atomic E-state index is 13.3. The van der Waals surface area contributed by atoms with Crippen LogP contribution in [0.25, 0.3) is 0 Å². The van der Waals surface area contributed by atoms with Gasteiger partial charge < -0.3 is 0 Å². The molecule has 1 rings (SSSR count). The minimum absolute atomic E-state index is 0.00963.